The van der Waals surface area contributed by atoms with E-state index in [9.17, 15) is 0 Å². The first-order chi connectivity index (χ1) is 5.77. The lowest BCUT2D eigenvalue weighted by Gasteiger charge is -2.14. The van der Waals surface area contributed by atoms with Gasteiger partial charge in [0, 0.05) is 19.8 Å². The first-order valence-corrected chi connectivity index (χ1v) is 4.07. The zero-order chi connectivity index (χ0) is 8.97. The third-order valence-corrected chi connectivity index (χ3v) is 1.87. The van der Waals surface area contributed by atoms with Crippen LogP contribution in [0, 0.1) is 0 Å². The topological polar surface area (TPSA) is 16.1 Å². The lowest BCUT2D eigenvalue weighted by molar-refractivity contribution is 0.938. The lowest BCUT2D eigenvalue weighted by atomic mass is 10.3. The molecule has 0 amide bonds. The van der Waals surface area contributed by atoms with Crippen molar-refractivity contribution in [2.75, 3.05) is 18.5 Å². The highest BCUT2D eigenvalue weighted by Crippen LogP contribution is 2.09. The van der Waals surface area contributed by atoms with Crippen molar-refractivity contribution in [1.29, 1.82) is 0 Å². The normalized spacial score (nSPS) is 9.50. The molecule has 1 rings (SSSR count). The molecule has 12 heavy (non-hydrogen) atoms. The van der Waals surface area contributed by atoms with Gasteiger partial charge in [-0.3, -0.25) is 0 Å². The van der Waals surface area contributed by atoms with Crippen LogP contribution in [0.3, 0.4) is 0 Å². The summed E-state index contributed by atoms with van der Waals surface area (Å²) in [5.41, 5.74) is 1.06. The van der Waals surface area contributed by atoms with Gasteiger partial charge in [-0.05, 0) is 24.6 Å². The zero-order valence-electron chi connectivity index (χ0n) is 7.62. The first kappa shape index (κ1) is 8.78. The summed E-state index contributed by atoms with van der Waals surface area (Å²) in [6.45, 7) is 6.74. The average molecular weight is 162 g/mol. The molecule has 0 unspecified atom stereocenters. The number of hydrogen-bond donors (Lipinski definition) is 0. The third-order valence-electron chi connectivity index (χ3n) is 1.87. The number of pyridine rings is 1. The average Bonchev–Trinajstić information content (AvgIpc) is 2.17. The molecule has 0 bridgehead atoms. The molecule has 2 nitrogen and oxygen atoms in total. The van der Waals surface area contributed by atoms with Crippen LogP contribution in [0.4, 0.5) is 5.82 Å². The van der Waals surface area contributed by atoms with Crippen molar-refractivity contribution in [3.05, 3.63) is 30.5 Å². The number of hydrogen-bond acceptors (Lipinski definition) is 2. The minimum atomic E-state index is 0.973. The second kappa shape index (κ2) is 3.90. The summed E-state index contributed by atoms with van der Waals surface area (Å²) < 4.78 is 0. The van der Waals surface area contributed by atoms with Crippen LogP contribution in [0.5, 0.6) is 0 Å². The van der Waals surface area contributed by atoms with Crippen molar-refractivity contribution in [2.45, 2.75) is 6.92 Å². The van der Waals surface area contributed by atoms with Crippen LogP contribution in [0.15, 0.2) is 24.9 Å². The zero-order valence-corrected chi connectivity index (χ0v) is 7.62. The van der Waals surface area contributed by atoms with Crippen molar-refractivity contribution in [3.63, 3.8) is 0 Å². The quantitative estimate of drug-likeness (QED) is 0.677. The maximum absolute atomic E-state index is 4.27. The van der Waals surface area contributed by atoms with Gasteiger partial charge in [-0.2, -0.15) is 0 Å². The predicted molar refractivity (Wildman–Crippen MR) is 53.3 cm³/mol. The molecule has 0 aliphatic carbocycles. The Hall–Kier alpha value is -1.31. The molecule has 0 aliphatic rings. The van der Waals surface area contributed by atoms with Gasteiger partial charge in [0.2, 0.25) is 0 Å². The van der Waals surface area contributed by atoms with Crippen LogP contribution in [0.25, 0.3) is 6.08 Å². The van der Waals surface area contributed by atoms with Gasteiger partial charge in [0.15, 0.2) is 0 Å². The molecular weight excluding hydrogens is 148 g/mol. The summed E-state index contributed by atoms with van der Waals surface area (Å²) in [7, 11) is 2.02. The fourth-order valence-electron chi connectivity index (χ4n) is 0.906. The van der Waals surface area contributed by atoms with Gasteiger partial charge in [0.25, 0.3) is 0 Å². The summed E-state index contributed by atoms with van der Waals surface area (Å²) in [5, 5.41) is 0. The monoisotopic (exact) mass is 162 g/mol. The summed E-state index contributed by atoms with van der Waals surface area (Å²) >= 11 is 0. The molecule has 0 N–H and O–H groups in total. The molecule has 0 radical (unpaired) electrons. The van der Waals surface area contributed by atoms with Crippen LogP contribution in [-0.2, 0) is 0 Å². The Bertz CT molecular complexity index is 251. The standard InChI is InChI=1S/C10H14N2/c1-4-9-6-7-10(11-8-9)12(3)5-2/h4,6-8H,1,5H2,2-3H3. The predicted octanol–water partition coefficient (Wildman–Crippen LogP) is 2.18. The van der Waals surface area contributed by atoms with E-state index in [1.54, 1.807) is 6.08 Å². The van der Waals surface area contributed by atoms with Crippen LogP contribution in [-0.4, -0.2) is 18.6 Å². The van der Waals surface area contributed by atoms with Gasteiger partial charge in [0.1, 0.15) is 5.82 Å². The molecule has 1 aromatic heterocycles. The van der Waals surface area contributed by atoms with Crippen molar-refractivity contribution in [3.8, 4) is 0 Å². The Morgan fingerprint density at radius 1 is 1.58 bits per heavy atom. The van der Waals surface area contributed by atoms with Crippen LogP contribution < -0.4 is 4.90 Å². The SMILES string of the molecule is C=Cc1ccc(N(C)CC)nc1. The summed E-state index contributed by atoms with van der Waals surface area (Å²) in [6, 6.07) is 4.02. The highest BCUT2D eigenvalue weighted by Gasteiger charge is 1.97. The number of nitrogens with zero attached hydrogens (tertiary/aromatic N) is 2. The van der Waals surface area contributed by atoms with Crippen molar-refractivity contribution in [2.24, 2.45) is 0 Å². The van der Waals surface area contributed by atoms with Gasteiger partial charge in [-0.15, -0.1) is 0 Å². The molecule has 0 fully saturated rings. The third kappa shape index (κ3) is 1.84. The molecule has 64 valence electrons. The first-order valence-electron chi connectivity index (χ1n) is 4.07. The van der Waals surface area contributed by atoms with E-state index >= 15 is 0 Å². The number of aromatic nitrogens is 1. The molecular formula is C10H14N2. The van der Waals surface area contributed by atoms with E-state index in [0.29, 0.717) is 0 Å². The Morgan fingerprint density at radius 3 is 2.75 bits per heavy atom. The van der Waals surface area contributed by atoms with Crippen LogP contribution in [0.1, 0.15) is 12.5 Å². The van der Waals surface area contributed by atoms with Crippen LogP contribution in [0.2, 0.25) is 0 Å². The highest BCUT2D eigenvalue weighted by molar-refractivity contribution is 5.49. The van der Waals surface area contributed by atoms with Gasteiger partial charge >= 0.3 is 0 Å². The van der Waals surface area contributed by atoms with E-state index in [-0.39, 0.29) is 0 Å². The molecule has 1 heterocycles. The van der Waals surface area contributed by atoms with Gasteiger partial charge < -0.3 is 4.90 Å². The minimum absolute atomic E-state index is 0.973. The van der Waals surface area contributed by atoms with Crippen molar-refractivity contribution in [1.82, 2.24) is 4.98 Å². The summed E-state index contributed by atoms with van der Waals surface area (Å²) in [6.07, 6.45) is 3.62. The molecule has 0 saturated heterocycles. The largest absolute Gasteiger partial charge is 0.360 e. The molecule has 1 aromatic rings. The fourth-order valence-corrected chi connectivity index (χ4v) is 0.906. The molecule has 0 aromatic carbocycles. The van der Waals surface area contributed by atoms with Crippen molar-refractivity contribution >= 4 is 11.9 Å². The number of anilines is 1. The Balaban J connectivity index is 2.84. The summed E-state index contributed by atoms with van der Waals surface area (Å²) in [5.74, 6) is 1.00. The molecule has 0 saturated carbocycles. The maximum atomic E-state index is 4.27. The van der Waals surface area contributed by atoms with E-state index in [0.717, 1.165) is 17.9 Å². The van der Waals surface area contributed by atoms with Gasteiger partial charge in [0.05, 0.1) is 0 Å². The number of rotatable bonds is 3. The fraction of sp³-hybridized carbons (Fsp3) is 0.300. The molecule has 0 aliphatic heterocycles. The second-order valence-electron chi connectivity index (χ2n) is 2.67. The van der Waals surface area contributed by atoms with E-state index in [1.165, 1.54) is 0 Å². The Kier molecular flexibility index (Phi) is 2.86. The van der Waals surface area contributed by atoms with E-state index in [2.05, 4.69) is 23.4 Å². The Labute approximate surface area is 73.5 Å². The van der Waals surface area contributed by atoms with Crippen molar-refractivity contribution < 1.29 is 0 Å². The van der Waals surface area contributed by atoms with E-state index in [1.807, 2.05) is 25.4 Å². The second-order valence-corrected chi connectivity index (χ2v) is 2.67. The maximum Gasteiger partial charge on any atom is 0.128 e. The smallest absolute Gasteiger partial charge is 0.128 e. The lowest BCUT2D eigenvalue weighted by Crippen LogP contribution is -2.16. The molecule has 2 heteroatoms. The summed E-state index contributed by atoms with van der Waals surface area (Å²) in [4.78, 5) is 6.37. The minimum Gasteiger partial charge on any atom is -0.360 e. The highest BCUT2D eigenvalue weighted by atomic mass is 15.1. The van der Waals surface area contributed by atoms with E-state index in [4.69, 9.17) is 0 Å². The van der Waals surface area contributed by atoms with E-state index < -0.39 is 0 Å². The molecule has 0 atom stereocenters. The van der Waals surface area contributed by atoms with Gasteiger partial charge in [-0.25, -0.2) is 4.98 Å². The Morgan fingerprint density at radius 2 is 2.33 bits per heavy atom. The van der Waals surface area contributed by atoms with Crippen LogP contribution >= 0.6 is 0 Å². The molecule has 0 spiro atoms. The van der Waals surface area contributed by atoms with Gasteiger partial charge in [-0.1, -0.05) is 12.7 Å².